The maximum Gasteiger partial charge on any atom is 0.305 e. The molecule has 2 aliphatic rings. The number of hydrogen-bond acceptors (Lipinski definition) is 9. The fourth-order valence-corrected chi connectivity index (χ4v) is 4.27. The second kappa shape index (κ2) is 15.7. The highest BCUT2D eigenvalue weighted by atomic mass is 16.5. The molecule has 0 aromatic heterocycles. The first-order valence-electron chi connectivity index (χ1n) is 14.1. The third-order valence-corrected chi connectivity index (χ3v) is 7.66. The summed E-state index contributed by atoms with van der Waals surface area (Å²) in [6.07, 6.45) is 4.18. The predicted octanol–water partition coefficient (Wildman–Crippen LogP) is 4.07. The number of Topliss-reactive ketones (excluding diaryl/α,β-unsaturated/α-hetero) is 2. The molecule has 2 unspecified atom stereocenters. The molecular formula is C32H44O10. The lowest BCUT2D eigenvalue weighted by molar-refractivity contribution is -0.144. The molecule has 2 atom stereocenters. The molecule has 0 amide bonds. The van der Waals surface area contributed by atoms with E-state index in [1.54, 1.807) is 48.5 Å². The Bertz CT molecular complexity index is 1240. The van der Waals surface area contributed by atoms with Crippen LogP contribution in [0.25, 0.3) is 0 Å². The van der Waals surface area contributed by atoms with E-state index in [2.05, 4.69) is 0 Å². The summed E-state index contributed by atoms with van der Waals surface area (Å²) in [5.41, 5.74) is 0.400. The first-order valence-corrected chi connectivity index (χ1v) is 14.1. The van der Waals surface area contributed by atoms with E-state index in [1.165, 1.54) is 12.2 Å². The van der Waals surface area contributed by atoms with Gasteiger partial charge in [-0.05, 0) is 99.1 Å². The normalized spacial score (nSPS) is 18.5. The molecule has 232 valence electrons. The maximum atomic E-state index is 12.1. The molecule has 3 N–H and O–H groups in total. The summed E-state index contributed by atoms with van der Waals surface area (Å²) in [6.45, 7) is 11.7. The molecule has 0 radical (unpaired) electrons. The van der Waals surface area contributed by atoms with Crippen LogP contribution in [0.1, 0.15) is 99.8 Å². The van der Waals surface area contributed by atoms with E-state index in [4.69, 9.17) is 9.84 Å². The molecule has 10 nitrogen and oxygen atoms in total. The minimum atomic E-state index is -1.16. The van der Waals surface area contributed by atoms with Crippen LogP contribution in [-0.4, -0.2) is 68.2 Å². The van der Waals surface area contributed by atoms with Crippen LogP contribution in [0, 0.1) is 0 Å². The number of hydrogen-bond donors (Lipinski definition) is 3. The van der Waals surface area contributed by atoms with Gasteiger partial charge in [-0.25, -0.2) is 0 Å². The van der Waals surface area contributed by atoms with E-state index in [1.807, 2.05) is 0 Å². The fraction of sp³-hybridized carbons (Fsp3) is 0.562. The molecule has 0 spiro atoms. The predicted molar refractivity (Wildman–Crippen MR) is 155 cm³/mol. The number of rotatable bonds is 13. The van der Waals surface area contributed by atoms with Crippen LogP contribution in [-0.2, 0) is 33.5 Å². The molecule has 0 aromatic rings. The number of carbonyl (C=O) groups is 6. The van der Waals surface area contributed by atoms with Gasteiger partial charge >= 0.3 is 11.9 Å². The average molecular weight is 589 g/mol. The molecule has 0 saturated carbocycles. The van der Waals surface area contributed by atoms with Gasteiger partial charge in [-0.3, -0.25) is 28.8 Å². The van der Waals surface area contributed by atoms with E-state index in [9.17, 15) is 39.0 Å². The van der Waals surface area contributed by atoms with Crippen LogP contribution in [0.4, 0.5) is 0 Å². The Morgan fingerprint density at radius 2 is 1.07 bits per heavy atom. The number of ether oxygens (including phenoxy) is 1. The zero-order chi connectivity index (χ0) is 32.4. The first kappa shape index (κ1) is 36.5. The van der Waals surface area contributed by atoms with Gasteiger partial charge in [0.1, 0.15) is 0 Å². The van der Waals surface area contributed by atoms with Crippen LogP contribution < -0.4 is 0 Å². The van der Waals surface area contributed by atoms with Crippen molar-refractivity contribution < 1.29 is 48.8 Å². The van der Waals surface area contributed by atoms with Crippen molar-refractivity contribution in [2.24, 2.45) is 0 Å². The Labute approximate surface area is 247 Å². The Morgan fingerprint density at radius 1 is 0.690 bits per heavy atom. The molecule has 0 aromatic carbocycles. The zero-order valence-corrected chi connectivity index (χ0v) is 25.7. The highest BCUT2D eigenvalue weighted by Crippen LogP contribution is 2.28. The first-order chi connectivity index (χ1) is 19.3. The van der Waals surface area contributed by atoms with Gasteiger partial charge in [-0.1, -0.05) is 0 Å². The van der Waals surface area contributed by atoms with Gasteiger partial charge < -0.3 is 20.1 Å². The summed E-state index contributed by atoms with van der Waals surface area (Å²) in [4.78, 5) is 69.4. The molecule has 2 aliphatic carbocycles. The molecule has 0 heterocycles. The second-order valence-corrected chi connectivity index (χ2v) is 11.4. The maximum absolute atomic E-state index is 12.1. The highest BCUT2D eigenvalue weighted by molar-refractivity contribution is 6.23. The average Bonchev–Trinajstić information content (AvgIpc) is 2.91. The largest absolute Gasteiger partial charge is 0.481 e. The van der Waals surface area contributed by atoms with Crippen molar-refractivity contribution in [2.75, 3.05) is 6.61 Å². The quantitative estimate of drug-likeness (QED) is 0.210. The molecular weight excluding hydrogens is 544 g/mol. The lowest BCUT2D eigenvalue weighted by Crippen LogP contribution is -2.27. The Morgan fingerprint density at radius 3 is 1.43 bits per heavy atom. The van der Waals surface area contributed by atoms with Gasteiger partial charge in [0.05, 0.1) is 17.8 Å². The van der Waals surface area contributed by atoms with E-state index < -0.39 is 17.2 Å². The van der Waals surface area contributed by atoms with Crippen molar-refractivity contribution in [1.82, 2.24) is 0 Å². The highest BCUT2D eigenvalue weighted by Gasteiger charge is 2.28. The third kappa shape index (κ3) is 11.4. The van der Waals surface area contributed by atoms with E-state index in [0.29, 0.717) is 52.9 Å². The van der Waals surface area contributed by atoms with Gasteiger partial charge in [-0.2, -0.15) is 0 Å². The van der Waals surface area contributed by atoms with Crippen LogP contribution in [0.5, 0.6) is 0 Å². The SMILES string of the molecule is CC1=C(C)C(=O)C(CCC(C)(O)CCC(=O)O)=CC1=O.CCOC(=O)CCC(C)(O)CCC1=CC(=O)C(C)=C(C)C1=O. The Kier molecular flexibility index (Phi) is 13.6. The standard InChI is InChI=1S/C17H24O5.C15H20O5/c1-5-22-15(19)7-9-17(4,21)8-6-13-10-14(18)11(2)12(3)16(13)20;1-9-10(2)14(19)11(8-12(9)16)4-6-15(3,20)7-5-13(17)18/h10,21H,5-9H2,1-4H3;8,20H,4-7H2,1-3H3,(H,17,18). The van der Waals surface area contributed by atoms with Gasteiger partial charge in [0.15, 0.2) is 23.1 Å². The third-order valence-electron chi connectivity index (χ3n) is 7.66. The monoisotopic (exact) mass is 588 g/mol. The van der Waals surface area contributed by atoms with Gasteiger partial charge in [0, 0.05) is 46.3 Å². The Balaban J connectivity index is 0.000000422. The van der Waals surface area contributed by atoms with Crippen LogP contribution in [0.15, 0.2) is 45.6 Å². The van der Waals surface area contributed by atoms with Crippen molar-refractivity contribution in [3.8, 4) is 0 Å². The summed E-state index contributed by atoms with van der Waals surface area (Å²) in [7, 11) is 0. The topological polar surface area (TPSA) is 172 Å². The summed E-state index contributed by atoms with van der Waals surface area (Å²) in [5, 5.41) is 29.0. The molecule has 0 saturated heterocycles. The lowest BCUT2D eigenvalue weighted by Gasteiger charge is -2.24. The van der Waals surface area contributed by atoms with Crippen LogP contribution in [0.3, 0.4) is 0 Å². The van der Waals surface area contributed by atoms with Crippen molar-refractivity contribution in [3.05, 3.63) is 45.6 Å². The zero-order valence-electron chi connectivity index (χ0n) is 25.7. The number of ketones is 4. The second-order valence-electron chi connectivity index (χ2n) is 11.4. The number of aliphatic carboxylic acids is 1. The van der Waals surface area contributed by atoms with Gasteiger partial charge in [-0.15, -0.1) is 0 Å². The lowest BCUT2D eigenvalue weighted by atomic mass is 9.85. The number of esters is 1. The van der Waals surface area contributed by atoms with Crippen molar-refractivity contribution in [2.45, 2.75) is 111 Å². The summed E-state index contributed by atoms with van der Waals surface area (Å²) < 4.78 is 4.82. The minimum absolute atomic E-state index is 0.117. The summed E-state index contributed by atoms with van der Waals surface area (Å²) >= 11 is 0. The fourth-order valence-electron chi connectivity index (χ4n) is 4.27. The molecule has 2 rings (SSSR count). The molecule has 0 fully saturated rings. The Hall–Kier alpha value is -3.50. The molecule has 10 heteroatoms. The van der Waals surface area contributed by atoms with Crippen LogP contribution >= 0.6 is 0 Å². The van der Waals surface area contributed by atoms with E-state index in [0.717, 1.165) is 0 Å². The van der Waals surface area contributed by atoms with Crippen molar-refractivity contribution >= 4 is 35.1 Å². The van der Waals surface area contributed by atoms with Crippen LogP contribution in [0.2, 0.25) is 0 Å². The molecule has 0 bridgehead atoms. The number of carboxylic acid groups (broad SMARTS) is 1. The molecule has 42 heavy (non-hydrogen) atoms. The minimum Gasteiger partial charge on any atom is -0.481 e. The van der Waals surface area contributed by atoms with Crippen molar-refractivity contribution in [3.63, 3.8) is 0 Å². The van der Waals surface area contributed by atoms with E-state index in [-0.39, 0.29) is 67.6 Å². The number of aliphatic hydroxyl groups is 2. The van der Waals surface area contributed by atoms with Crippen molar-refractivity contribution in [1.29, 1.82) is 0 Å². The summed E-state index contributed by atoms with van der Waals surface area (Å²) in [5.74, 6) is -1.96. The van der Waals surface area contributed by atoms with Gasteiger partial charge in [0.2, 0.25) is 0 Å². The number of carboxylic acids is 1. The van der Waals surface area contributed by atoms with Gasteiger partial charge in [0.25, 0.3) is 0 Å². The molecule has 0 aliphatic heterocycles. The smallest absolute Gasteiger partial charge is 0.305 e. The summed E-state index contributed by atoms with van der Waals surface area (Å²) in [6, 6.07) is 0. The number of allylic oxidation sites excluding steroid dienone is 8. The number of carbonyl (C=O) groups excluding carboxylic acids is 5. The van der Waals surface area contributed by atoms with E-state index >= 15 is 0 Å².